The van der Waals surface area contributed by atoms with Gasteiger partial charge in [-0.15, -0.1) is 0 Å². The Labute approximate surface area is 132 Å². The molecule has 3 aromatic rings. The average Bonchev–Trinajstić information content (AvgIpc) is 3.08. The summed E-state index contributed by atoms with van der Waals surface area (Å²) in [7, 11) is -2.07. The van der Waals surface area contributed by atoms with E-state index in [1.165, 1.54) is 40.1 Å². The van der Waals surface area contributed by atoms with Crippen LogP contribution in [0.15, 0.2) is 53.9 Å². The first-order valence-electron chi connectivity index (χ1n) is 6.71. The highest BCUT2D eigenvalue weighted by molar-refractivity contribution is 7.92. The second kappa shape index (κ2) is 5.84. The zero-order chi connectivity index (χ0) is 16.4. The fraction of sp³-hybridized carbons (Fsp3) is 0.143. The van der Waals surface area contributed by atoms with Crippen LogP contribution in [-0.2, 0) is 23.6 Å². The summed E-state index contributed by atoms with van der Waals surface area (Å²) in [5.74, 6) is -0.327. The molecule has 0 fully saturated rings. The number of hydrogen-bond acceptors (Lipinski definition) is 4. The Morgan fingerprint density at radius 1 is 1.22 bits per heavy atom. The molecule has 0 saturated heterocycles. The molecule has 0 atom stereocenters. The van der Waals surface area contributed by atoms with Crippen molar-refractivity contribution in [2.24, 2.45) is 7.05 Å². The molecule has 2 aromatic heterocycles. The Bertz CT molecular complexity index is 932. The van der Waals surface area contributed by atoms with Gasteiger partial charge in [-0.05, 0) is 17.7 Å². The molecule has 0 amide bonds. The van der Waals surface area contributed by atoms with E-state index in [2.05, 4.69) is 14.9 Å². The summed E-state index contributed by atoms with van der Waals surface area (Å²) in [6.07, 6.45) is 5.60. The number of aromatic nitrogens is 4. The molecule has 0 aliphatic heterocycles. The van der Waals surface area contributed by atoms with Gasteiger partial charge in [0.2, 0.25) is 0 Å². The number of rotatable bonds is 5. The van der Waals surface area contributed by atoms with Gasteiger partial charge < -0.3 is 0 Å². The first kappa shape index (κ1) is 15.2. The number of benzene rings is 1. The first-order chi connectivity index (χ1) is 10.9. The van der Waals surface area contributed by atoms with E-state index in [0.29, 0.717) is 12.2 Å². The minimum atomic E-state index is -3.71. The van der Waals surface area contributed by atoms with Crippen molar-refractivity contribution in [3.05, 3.63) is 60.4 Å². The lowest BCUT2D eigenvalue weighted by Crippen LogP contribution is -2.11. The van der Waals surface area contributed by atoms with Gasteiger partial charge in [-0.2, -0.15) is 10.2 Å². The maximum Gasteiger partial charge on any atom is 0.265 e. The minimum absolute atomic E-state index is 0.0675. The summed E-state index contributed by atoms with van der Waals surface area (Å²) >= 11 is 0. The molecule has 0 unspecified atom stereocenters. The van der Waals surface area contributed by atoms with Crippen LogP contribution in [0.1, 0.15) is 5.56 Å². The van der Waals surface area contributed by atoms with Crippen LogP contribution in [0.5, 0.6) is 0 Å². The van der Waals surface area contributed by atoms with Crippen molar-refractivity contribution in [3.8, 4) is 0 Å². The second-order valence-electron chi connectivity index (χ2n) is 5.01. The van der Waals surface area contributed by atoms with Gasteiger partial charge in [-0.25, -0.2) is 12.8 Å². The highest BCUT2D eigenvalue weighted by Crippen LogP contribution is 2.15. The zero-order valence-electron chi connectivity index (χ0n) is 12.2. The predicted molar refractivity (Wildman–Crippen MR) is 81.7 cm³/mol. The lowest BCUT2D eigenvalue weighted by Gasteiger charge is -2.03. The van der Waals surface area contributed by atoms with Crippen LogP contribution in [0.3, 0.4) is 0 Å². The topological polar surface area (TPSA) is 81.8 Å². The van der Waals surface area contributed by atoms with Gasteiger partial charge in [0, 0.05) is 19.4 Å². The Morgan fingerprint density at radius 3 is 2.74 bits per heavy atom. The summed E-state index contributed by atoms with van der Waals surface area (Å²) in [6, 6.07) is 6.14. The van der Waals surface area contributed by atoms with Gasteiger partial charge in [0.15, 0.2) is 0 Å². The third-order valence-corrected chi connectivity index (χ3v) is 4.45. The molecule has 0 spiro atoms. The summed E-state index contributed by atoms with van der Waals surface area (Å²) in [5.41, 5.74) is 1.06. The predicted octanol–water partition coefficient (Wildman–Crippen LogP) is 1.60. The van der Waals surface area contributed by atoms with E-state index in [-0.39, 0.29) is 10.7 Å². The van der Waals surface area contributed by atoms with E-state index in [9.17, 15) is 12.8 Å². The molecular weight excluding hydrogens is 321 g/mol. The number of hydrogen-bond donors (Lipinski definition) is 1. The molecule has 7 nitrogen and oxygen atoms in total. The number of nitrogens with one attached hydrogen (secondary N) is 1. The van der Waals surface area contributed by atoms with Crippen molar-refractivity contribution in [2.45, 2.75) is 11.4 Å². The standard InChI is InChI=1S/C14H14FN5O2S/c1-19-10-14(7-16-19)23(21,22)18-13-6-17-20(9-13)8-11-3-2-4-12(15)5-11/h2-7,9-10,18H,8H2,1H3. The van der Waals surface area contributed by atoms with Crippen LogP contribution >= 0.6 is 0 Å². The van der Waals surface area contributed by atoms with Crippen molar-refractivity contribution < 1.29 is 12.8 Å². The fourth-order valence-corrected chi connectivity index (χ4v) is 3.09. The van der Waals surface area contributed by atoms with Gasteiger partial charge in [-0.3, -0.25) is 14.1 Å². The fourth-order valence-electron chi connectivity index (χ4n) is 2.08. The van der Waals surface area contributed by atoms with Crippen molar-refractivity contribution >= 4 is 15.7 Å². The summed E-state index contributed by atoms with van der Waals surface area (Å²) in [4.78, 5) is 0.0675. The number of aryl methyl sites for hydroxylation is 1. The number of anilines is 1. The molecule has 0 bridgehead atoms. The quantitative estimate of drug-likeness (QED) is 0.768. The summed E-state index contributed by atoms with van der Waals surface area (Å²) in [5, 5.41) is 7.91. The molecule has 0 aliphatic rings. The molecule has 9 heteroatoms. The average molecular weight is 335 g/mol. The van der Waals surface area contributed by atoms with Crippen molar-refractivity contribution in [3.63, 3.8) is 0 Å². The molecule has 23 heavy (non-hydrogen) atoms. The lowest BCUT2D eigenvalue weighted by atomic mass is 10.2. The van der Waals surface area contributed by atoms with Crippen molar-refractivity contribution in [2.75, 3.05) is 4.72 Å². The van der Waals surface area contributed by atoms with E-state index in [1.54, 1.807) is 25.4 Å². The van der Waals surface area contributed by atoms with E-state index in [1.807, 2.05) is 0 Å². The molecule has 1 N–H and O–H groups in total. The lowest BCUT2D eigenvalue weighted by molar-refractivity contribution is 0.601. The Morgan fingerprint density at radius 2 is 2.04 bits per heavy atom. The minimum Gasteiger partial charge on any atom is -0.276 e. The Balaban J connectivity index is 1.74. The van der Waals surface area contributed by atoms with E-state index in [4.69, 9.17) is 0 Å². The largest absolute Gasteiger partial charge is 0.276 e. The molecule has 0 radical (unpaired) electrons. The van der Waals surface area contributed by atoms with Crippen molar-refractivity contribution in [1.82, 2.24) is 19.6 Å². The highest BCUT2D eigenvalue weighted by Gasteiger charge is 2.17. The maximum absolute atomic E-state index is 13.2. The molecule has 1 aromatic carbocycles. The Hall–Kier alpha value is -2.68. The van der Waals surface area contributed by atoms with Gasteiger partial charge in [0.1, 0.15) is 10.7 Å². The molecule has 0 saturated carbocycles. The van der Waals surface area contributed by atoms with Crippen LogP contribution in [0.2, 0.25) is 0 Å². The molecule has 2 heterocycles. The van der Waals surface area contributed by atoms with Gasteiger partial charge >= 0.3 is 0 Å². The van der Waals surface area contributed by atoms with Crippen LogP contribution in [0.25, 0.3) is 0 Å². The SMILES string of the molecule is Cn1cc(S(=O)(=O)Nc2cnn(Cc3cccc(F)c3)c2)cn1. The third kappa shape index (κ3) is 3.57. The van der Waals surface area contributed by atoms with Crippen molar-refractivity contribution in [1.29, 1.82) is 0 Å². The van der Waals surface area contributed by atoms with Crippen LogP contribution in [-0.4, -0.2) is 28.0 Å². The Kier molecular flexibility index (Phi) is 3.87. The number of halogens is 1. The van der Waals surface area contributed by atoms with Crippen LogP contribution < -0.4 is 4.72 Å². The molecule has 120 valence electrons. The zero-order valence-corrected chi connectivity index (χ0v) is 13.0. The molecular formula is C14H14FN5O2S. The maximum atomic E-state index is 13.2. The van der Waals surface area contributed by atoms with Crippen LogP contribution in [0.4, 0.5) is 10.1 Å². The number of nitrogens with zero attached hydrogens (tertiary/aromatic N) is 4. The number of sulfonamides is 1. The molecule has 3 rings (SSSR count). The van der Waals surface area contributed by atoms with E-state index in [0.717, 1.165) is 5.56 Å². The van der Waals surface area contributed by atoms with Crippen LogP contribution in [0, 0.1) is 5.82 Å². The van der Waals surface area contributed by atoms with Gasteiger partial charge in [0.05, 0.1) is 24.6 Å². The normalized spacial score (nSPS) is 11.6. The van der Waals surface area contributed by atoms with E-state index < -0.39 is 10.0 Å². The molecule has 0 aliphatic carbocycles. The first-order valence-corrected chi connectivity index (χ1v) is 8.19. The highest BCUT2D eigenvalue weighted by atomic mass is 32.2. The van der Waals surface area contributed by atoms with E-state index >= 15 is 0 Å². The monoisotopic (exact) mass is 335 g/mol. The smallest absolute Gasteiger partial charge is 0.265 e. The van der Waals surface area contributed by atoms with Gasteiger partial charge in [-0.1, -0.05) is 12.1 Å². The summed E-state index contributed by atoms with van der Waals surface area (Å²) in [6.45, 7) is 0.340. The van der Waals surface area contributed by atoms with Gasteiger partial charge in [0.25, 0.3) is 10.0 Å². The second-order valence-corrected chi connectivity index (χ2v) is 6.69. The summed E-state index contributed by atoms with van der Waals surface area (Å²) < 4.78 is 42.9. The third-order valence-electron chi connectivity index (χ3n) is 3.11.